The first-order valence-corrected chi connectivity index (χ1v) is 7.63. The van der Waals surface area contributed by atoms with Crippen LogP contribution in [0, 0.1) is 0 Å². The number of halogens is 3. The third kappa shape index (κ3) is 12.4. The zero-order chi connectivity index (χ0) is 17.8. The smallest absolute Gasteiger partial charge is 1.00 e. The minimum atomic E-state index is -5.16. The molecule has 0 aliphatic heterocycles. The van der Waals surface area contributed by atoms with Gasteiger partial charge in [0, 0.05) is 21.1 Å². The fourth-order valence-corrected chi connectivity index (χ4v) is 1.05. The molecule has 0 aliphatic rings. The summed E-state index contributed by atoms with van der Waals surface area (Å²) < 4.78 is 47.5. The Bertz CT molecular complexity index is 432. The summed E-state index contributed by atoms with van der Waals surface area (Å²) in [5.74, 6) is -0.304. The largest absolute Gasteiger partial charge is 1.00 e. The molecule has 0 aromatic carbocycles. The van der Waals surface area contributed by atoms with Crippen LogP contribution in [0.25, 0.3) is 0 Å². The molecule has 0 spiro atoms. The molecule has 23 heavy (non-hydrogen) atoms. The number of oxime groups is 1. The monoisotopic (exact) mass is 379 g/mol. The van der Waals surface area contributed by atoms with Crippen molar-refractivity contribution < 1.29 is 67.0 Å². The van der Waals surface area contributed by atoms with Crippen LogP contribution in [0.1, 0.15) is 1.43 Å². The summed E-state index contributed by atoms with van der Waals surface area (Å²) in [6.45, 7) is 0. The van der Waals surface area contributed by atoms with Crippen molar-refractivity contribution in [2.75, 3.05) is 27.4 Å². The Kier molecular flexibility index (Phi) is 17.5. The zero-order valence-electron chi connectivity index (χ0n) is 13.7. The van der Waals surface area contributed by atoms with E-state index in [0.717, 1.165) is 11.8 Å². The number of amides is 2. The second kappa shape index (κ2) is 14.8. The maximum absolute atomic E-state index is 11.3. The quantitative estimate of drug-likeness (QED) is 0.166. The minimum Gasteiger partial charge on any atom is -1.00 e. The van der Waals surface area contributed by atoms with E-state index >= 15 is 0 Å². The molecule has 0 unspecified atom stereocenters. The maximum Gasteiger partial charge on any atom is 1.00 e. The maximum atomic E-state index is 11.3. The van der Waals surface area contributed by atoms with Crippen LogP contribution in [-0.4, -0.2) is 49.3 Å². The Balaban J connectivity index is -0.000000174. The van der Waals surface area contributed by atoms with Crippen molar-refractivity contribution in [3.8, 4) is 0 Å². The summed E-state index contributed by atoms with van der Waals surface area (Å²) in [5, 5.41) is 5.74. The number of hydrogen-bond donors (Lipinski definition) is 1. The van der Waals surface area contributed by atoms with E-state index in [1.54, 1.807) is 20.4 Å². The summed E-state index contributed by atoms with van der Waals surface area (Å²) in [5.41, 5.74) is 0. The van der Waals surface area contributed by atoms with Crippen molar-refractivity contribution in [1.29, 1.82) is 0 Å². The first-order chi connectivity index (χ1) is 10.2. The van der Waals surface area contributed by atoms with Gasteiger partial charge in [0.25, 0.3) is 5.91 Å². The number of carbonyl (C=O) groups excluding carboxylic acids is 2. The molecule has 10 nitrogen and oxygen atoms in total. The molecule has 0 atom stereocenters. The Morgan fingerprint density at radius 2 is 1.65 bits per heavy atom. The topological polar surface area (TPSA) is 116 Å². The number of rotatable bonds is 4. The molecule has 0 rings (SSSR count). The van der Waals surface area contributed by atoms with Gasteiger partial charge in [-0.1, -0.05) is 19.3 Å². The SMILES string of the molecule is CNC(=O)ON=C(SC)C(=O)N(C)C.O=P(OF)(OF)OF.[H-].[Li+]. The molecule has 0 heterocycles. The molecule has 132 valence electrons. The molecule has 0 radical (unpaired) electrons. The number of nitrogens with zero attached hydrogens (tertiary/aromatic N) is 2. The predicted octanol–water partition coefficient (Wildman–Crippen LogP) is -0.979. The van der Waals surface area contributed by atoms with Crippen molar-refractivity contribution in [3.63, 3.8) is 0 Å². The zero-order valence-corrected chi connectivity index (χ0v) is 14.5. The van der Waals surface area contributed by atoms with Crippen molar-refractivity contribution in [2.24, 2.45) is 5.16 Å². The fraction of sp³-hybridized carbons (Fsp3) is 0.571. The Labute approximate surface area is 147 Å². The number of nitrogens with one attached hydrogen (secondary N) is 1. The second-order valence-electron chi connectivity index (χ2n) is 3.08. The van der Waals surface area contributed by atoms with E-state index in [4.69, 9.17) is 0 Å². The van der Waals surface area contributed by atoms with Gasteiger partial charge >= 0.3 is 32.8 Å². The first kappa shape index (κ1) is 27.1. The van der Waals surface area contributed by atoms with E-state index < -0.39 is 13.9 Å². The van der Waals surface area contributed by atoms with Crippen LogP contribution in [0.3, 0.4) is 0 Å². The summed E-state index contributed by atoms with van der Waals surface area (Å²) in [7, 11) is -0.572. The van der Waals surface area contributed by atoms with Crippen LogP contribution in [0.15, 0.2) is 5.16 Å². The normalized spacial score (nSPS) is 10.7. The standard InChI is InChI=1S/C7H13N3O3S.F3O4P.Li.H/c1-8-7(12)13-9-5(14-4)6(11)10(2)3;1-5-8(4,6-2)7-3;;/h1-4H3,(H,8,12);;;/q;;+1;-1. The van der Waals surface area contributed by atoms with Gasteiger partial charge in [0.05, 0.1) is 0 Å². The summed E-state index contributed by atoms with van der Waals surface area (Å²) >= 11 is 1.11. The van der Waals surface area contributed by atoms with Crippen molar-refractivity contribution in [2.45, 2.75) is 0 Å². The first-order valence-electron chi connectivity index (χ1n) is 4.94. The van der Waals surface area contributed by atoms with E-state index in [1.165, 1.54) is 11.9 Å². The van der Waals surface area contributed by atoms with Gasteiger partial charge in [-0.05, 0) is 19.8 Å². The molecule has 0 bridgehead atoms. The summed E-state index contributed by atoms with van der Waals surface area (Å²) in [4.78, 5) is 27.7. The molecule has 0 fully saturated rings. The van der Waals surface area contributed by atoms with Gasteiger partial charge in [-0.25, -0.2) is 9.36 Å². The molecule has 0 saturated heterocycles. The molecule has 0 saturated carbocycles. The van der Waals surface area contributed by atoms with E-state index in [2.05, 4.69) is 29.5 Å². The molecular weight excluding hydrogens is 365 g/mol. The van der Waals surface area contributed by atoms with Crippen LogP contribution in [-0.2, 0) is 28.4 Å². The molecule has 1 N–H and O–H groups in total. The van der Waals surface area contributed by atoms with E-state index in [1.807, 2.05) is 0 Å². The second-order valence-corrected chi connectivity index (χ2v) is 5.19. The van der Waals surface area contributed by atoms with Gasteiger partial charge in [0.2, 0.25) is 5.04 Å². The van der Waals surface area contributed by atoms with Crippen LogP contribution < -0.4 is 24.2 Å². The predicted molar refractivity (Wildman–Crippen MR) is 70.5 cm³/mol. The minimum absolute atomic E-state index is 0. The third-order valence-electron chi connectivity index (χ3n) is 1.45. The summed E-state index contributed by atoms with van der Waals surface area (Å²) in [6, 6.07) is 0. The van der Waals surface area contributed by atoms with Gasteiger partial charge in [0.15, 0.2) is 0 Å². The number of hydrogen-bond acceptors (Lipinski definition) is 9. The van der Waals surface area contributed by atoms with Gasteiger partial charge in [-0.3, -0.25) is 9.63 Å². The average Bonchev–Trinajstić information content (AvgIpc) is 2.54. The molecule has 2 amide bonds. The number of carbonyl (C=O) groups is 2. The van der Waals surface area contributed by atoms with Crippen LogP contribution in [0.5, 0.6) is 0 Å². The average molecular weight is 379 g/mol. The van der Waals surface area contributed by atoms with Gasteiger partial charge in [-0.15, -0.1) is 11.8 Å². The van der Waals surface area contributed by atoms with Crippen molar-refractivity contribution >= 4 is 36.6 Å². The molecule has 0 aliphatic carbocycles. The Morgan fingerprint density at radius 1 is 1.22 bits per heavy atom. The van der Waals surface area contributed by atoms with E-state index in [-0.39, 0.29) is 31.2 Å². The molecule has 16 heteroatoms. The molecule has 0 aromatic rings. The van der Waals surface area contributed by atoms with Crippen LogP contribution >= 0.6 is 19.6 Å². The van der Waals surface area contributed by atoms with Gasteiger partial charge in [-0.2, -0.15) is 0 Å². The van der Waals surface area contributed by atoms with E-state index in [0.29, 0.717) is 0 Å². The Morgan fingerprint density at radius 3 is 1.87 bits per heavy atom. The Hall–Kier alpha value is -0.743. The third-order valence-corrected chi connectivity index (χ3v) is 2.59. The molecule has 0 aromatic heterocycles. The fourth-order valence-electron chi connectivity index (χ4n) is 0.515. The van der Waals surface area contributed by atoms with Crippen LogP contribution in [0.2, 0.25) is 0 Å². The number of thioether (sulfide) groups is 1. The van der Waals surface area contributed by atoms with Gasteiger partial charge in [0.1, 0.15) is 0 Å². The van der Waals surface area contributed by atoms with Crippen molar-refractivity contribution in [3.05, 3.63) is 0 Å². The van der Waals surface area contributed by atoms with Crippen LogP contribution in [0.4, 0.5) is 18.4 Å². The van der Waals surface area contributed by atoms with Crippen molar-refractivity contribution in [1.82, 2.24) is 10.2 Å². The van der Waals surface area contributed by atoms with Gasteiger partial charge < -0.3 is 11.6 Å². The molecular formula is C7H14F3LiN3O7PS. The number of phosphoric acid groups is 1. The summed E-state index contributed by atoms with van der Waals surface area (Å²) in [6.07, 6.45) is 0.969. The van der Waals surface area contributed by atoms with E-state index in [9.17, 15) is 27.7 Å².